The molecule has 0 radical (unpaired) electrons. The van der Waals surface area contributed by atoms with Crippen molar-refractivity contribution in [1.29, 1.82) is 0 Å². The van der Waals surface area contributed by atoms with Gasteiger partial charge in [-0.25, -0.2) is 9.59 Å². The van der Waals surface area contributed by atoms with Crippen LogP contribution >= 0.6 is 0 Å². The maximum Gasteiger partial charge on any atom is 0.423 e. The number of esters is 2. The molecule has 2 aromatic carbocycles. The van der Waals surface area contributed by atoms with Crippen LogP contribution in [0.4, 0.5) is 0 Å². The standard InChI is InChI=1S/C44H64O6/c1-9-11-13-15-30-23-36(45)40(33-21-28(5)17-19-32(33)27(3)4)37(24-30)48-42(46)43(47)49-38-25-31(16-14-12-10-2)26-39-41(38)34-22-29(6)18-20-35(34)44(7,8)50-39/h23-29,32-35,45H,9-22H2,1-8H3/t28-,29-,32-,33+,34+,35+/m0/s1. The summed E-state index contributed by atoms with van der Waals surface area (Å²) in [6, 6.07) is 7.82. The van der Waals surface area contributed by atoms with Crippen molar-refractivity contribution < 1.29 is 28.9 Å². The first kappa shape index (κ1) is 38.2. The van der Waals surface area contributed by atoms with Crippen LogP contribution in [0.25, 0.3) is 0 Å². The van der Waals surface area contributed by atoms with E-state index in [0.717, 1.165) is 112 Å². The van der Waals surface area contributed by atoms with Crippen LogP contribution in [0.15, 0.2) is 24.3 Å². The topological polar surface area (TPSA) is 82.1 Å². The average molecular weight is 689 g/mol. The third-order valence-electron chi connectivity index (χ3n) is 12.2. The summed E-state index contributed by atoms with van der Waals surface area (Å²) in [4.78, 5) is 27.6. The third-order valence-corrected chi connectivity index (χ3v) is 12.2. The van der Waals surface area contributed by atoms with E-state index in [-0.39, 0.29) is 29.1 Å². The number of carbonyl (C=O) groups excluding carboxylic acids is 2. The predicted molar refractivity (Wildman–Crippen MR) is 200 cm³/mol. The van der Waals surface area contributed by atoms with Crippen molar-refractivity contribution in [3.63, 3.8) is 0 Å². The van der Waals surface area contributed by atoms with Crippen LogP contribution in [0.1, 0.15) is 167 Å². The molecule has 2 aliphatic carbocycles. The lowest BCUT2D eigenvalue weighted by Gasteiger charge is -2.49. The molecule has 1 heterocycles. The molecule has 0 bridgehead atoms. The van der Waals surface area contributed by atoms with Gasteiger partial charge in [0.05, 0.1) is 0 Å². The summed E-state index contributed by atoms with van der Waals surface area (Å²) in [5, 5.41) is 11.6. The molecule has 2 saturated carbocycles. The van der Waals surface area contributed by atoms with Crippen LogP contribution in [0.2, 0.25) is 0 Å². The van der Waals surface area contributed by atoms with E-state index in [2.05, 4.69) is 61.5 Å². The number of hydrogen-bond acceptors (Lipinski definition) is 6. The van der Waals surface area contributed by atoms with Gasteiger partial charge >= 0.3 is 11.9 Å². The van der Waals surface area contributed by atoms with Crippen molar-refractivity contribution in [3.8, 4) is 23.0 Å². The molecule has 0 spiro atoms. The van der Waals surface area contributed by atoms with Gasteiger partial charge in [0, 0.05) is 17.0 Å². The number of benzene rings is 2. The Morgan fingerprint density at radius 3 is 1.90 bits per heavy atom. The van der Waals surface area contributed by atoms with E-state index in [4.69, 9.17) is 14.2 Å². The van der Waals surface area contributed by atoms with Gasteiger partial charge in [-0.05, 0) is 136 Å². The zero-order chi connectivity index (χ0) is 36.2. The molecular weight excluding hydrogens is 624 g/mol. The van der Waals surface area contributed by atoms with Gasteiger partial charge in [0.25, 0.3) is 0 Å². The van der Waals surface area contributed by atoms with E-state index in [1.165, 1.54) is 0 Å². The number of ether oxygens (including phenoxy) is 3. The Balaban J connectivity index is 1.48. The predicted octanol–water partition coefficient (Wildman–Crippen LogP) is 11.2. The van der Waals surface area contributed by atoms with Gasteiger partial charge in [-0.3, -0.25) is 0 Å². The fraction of sp³-hybridized carbons (Fsp3) is 0.682. The van der Waals surface area contributed by atoms with E-state index in [1.54, 1.807) is 0 Å². The number of aromatic hydroxyl groups is 1. The van der Waals surface area contributed by atoms with Crippen LogP contribution in [0, 0.1) is 29.6 Å². The number of unbranched alkanes of at least 4 members (excludes halogenated alkanes) is 4. The summed E-state index contributed by atoms with van der Waals surface area (Å²) in [5.74, 6) is 1.81. The lowest BCUT2D eigenvalue weighted by Crippen LogP contribution is -2.47. The van der Waals surface area contributed by atoms with Gasteiger partial charge in [-0.15, -0.1) is 0 Å². The van der Waals surface area contributed by atoms with Crippen LogP contribution in [-0.4, -0.2) is 22.6 Å². The minimum atomic E-state index is -1.06. The highest BCUT2D eigenvalue weighted by Gasteiger charge is 2.47. The molecule has 276 valence electrons. The van der Waals surface area contributed by atoms with Gasteiger partial charge in [0.2, 0.25) is 0 Å². The molecular formula is C44H64O6. The van der Waals surface area contributed by atoms with Gasteiger partial charge < -0.3 is 19.3 Å². The van der Waals surface area contributed by atoms with Gasteiger partial charge in [-0.1, -0.05) is 80.1 Å². The number of hydrogen-bond donors (Lipinski definition) is 1. The zero-order valence-corrected chi connectivity index (χ0v) is 32.2. The Bertz CT molecular complexity index is 1490. The van der Waals surface area contributed by atoms with E-state index in [0.29, 0.717) is 40.7 Å². The summed E-state index contributed by atoms with van der Waals surface area (Å²) in [5.41, 5.74) is 3.18. The minimum Gasteiger partial charge on any atom is -0.508 e. The molecule has 6 heteroatoms. The molecule has 3 aliphatic rings. The van der Waals surface area contributed by atoms with Crippen molar-refractivity contribution in [3.05, 3.63) is 46.5 Å². The molecule has 5 rings (SSSR count). The second kappa shape index (κ2) is 16.5. The fourth-order valence-corrected chi connectivity index (χ4v) is 9.47. The summed E-state index contributed by atoms with van der Waals surface area (Å²) in [7, 11) is 0. The second-order valence-corrected chi connectivity index (χ2v) is 17.0. The lowest BCUT2D eigenvalue weighted by atomic mass is 9.64. The first-order chi connectivity index (χ1) is 23.8. The largest absolute Gasteiger partial charge is 0.508 e. The van der Waals surface area contributed by atoms with Gasteiger partial charge in [0.1, 0.15) is 28.6 Å². The average Bonchev–Trinajstić information content (AvgIpc) is 3.04. The van der Waals surface area contributed by atoms with E-state index in [1.807, 2.05) is 18.2 Å². The molecule has 0 aromatic heterocycles. The fourth-order valence-electron chi connectivity index (χ4n) is 9.47. The quantitative estimate of drug-likeness (QED) is 0.103. The smallest absolute Gasteiger partial charge is 0.423 e. The normalized spacial score (nSPS) is 25.7. The maximum atomic E-state index is 13.8. The van der Waals surface area contributed by atoms with Gasteiger partial charge in [0.15, 0.2) is 0 Å². The highest BCUT2D eigenvalue weighted by molar-refractivity contribution is 6.31. The Morgan fingerprint density at radius 2 is 1.32 bits per heavy atom. The molecule has 6 nitrogen and oxygen atoms in total. The number of phenolic OH excluding ortho intramolecular Hbond substituents is 1. The Labute approximate surface area is 302 Å². The number of fused-ring (bicyclic) bond motifs is 3. The van der Waals surface area contributed by atoms with E-state index >= 15 is 0 Å². The Morgan fingerprint density at radius 1 is 0.780 bits per heavy atom. The van der Waals surface area contributed by atoms with Crippen molar-refractivity contribution in [2.75, 3.05) is 0 Å². The molecule has 1 N–H and O–H groups in total. The van der Waals surface area contributed by atoms with Crippen molar-refractivity contribution in [2.24, 2.45) is 29.6 Å². The summed E-state index contributed by atoms with van der Waals surface area (Å²) in [6.07, 6.45) is 14.2. The highest BCUT2D eigenvalue weighted by atomic mass is 16.6. The van der Waals surface area contributed by atoms with Crippen molar-refractivity contribution in [2.45, 2.75) is 163 Å². The van der Waals surface area contributed by atoms with Gasteiger partial charge in [-0.2, -0.15) is 0 Å². The van der Waals surface area contributed by atoms with Crippen LogP contribution in [0.3, 0.4) is 0 Å². The third kappa shape index (κ3) is 8.70. The SMILES string of the molecule is CCCCCc1cc(OC(=O)C(=O)Oc2cc(CCCCC)cc(O)c2[C@@H]2C[C@@H](C)CC[C@H]2C(C)C)c2c(c1)OC(C)(C)[C@@H]1CC[C@H](C)C[C@@H]21. The zero-order valence-electron chi connectivity index (χ0n) is 32.2. The maximum absolute atomic E-state index is 13.8. The monoisotopic (exact) mass is 688 g/mol. The number of carbonyl (C=O) groups is 2. The van der Waals surface area contributed by atoms with Crippen LogP contribution in [-0.2, 0) is 22.4 Å². The molecule has 50 heavy (non-hydrogen) atoms. The number of rotatable bonds is 12. The second-order valence-electron chi connectivity index (χ2n) is 17.0. The Kier molecular flexibility index (Phi) is 12.6. The van der Waals surface area contributed by atoms with Crippen molar-refractivity contribution >= 4 is 11.9 Å². The van der Waals surface area contributed by atoms with Crippen LogP contribution < -0.4 is 14.2 Å². The minimum absolute atomic E-state index is 0.0276. The van der Waals surface area contributed by atoms with Crippen LogP contribution in [0.5, 0.6) is 23.0 Å². The van der Waals surface area contributed by atoms with Crippen molar-refractivity contribution in [1.82, 2.24) is 0 Å². The highest BCUT2D eigenvalue weighted by Crippen LogP contribution is 2.56. The summed E-state index contributed by atoms with van der Waals surface area (Å²) in [6.45, 7) is 17.7. The first-order valence-corrected chi connectivity index (χ1v) is 20.0. The number of phenols is 1. The number of aryl methyl sites for hydroxylation is 2. The molecule has 0 saturated heterocycles. The first-order valence-electron chi connectivity index (χ1n) is 20.0. The molecule has 2 fully saturated rings. The lowest BCUT2D eigenvalue weighted by molar-refractivity contribution is -0.156. The van der Waals surface area contributed by atoms with E-state index in [9.17, 15) is 14.7 Å². The Hall–Kier alpha value is -3.02. The molecule has 6 atom stereocenters. The summed E-state index contributed by atoms with van der Waals surface area (Å²) < 4.78 is 18.8. The molecule has 1 aliphatic heterocycles. The summed E-state index contributed by atoms with van der Waals surface area (Å²) >= 11 is 0. The molecule has 0 unspecified atom stereocenters. The molecule has 0 amide bonds. The molecule has 2 aromatic rings. The van der Waals surface area contributed by atoms with E-state index < -0.39 is 11.9 Å².